The van der Waals surface area contributed by atoms with Gasteiger partial charge in [0.05, 0.1) is 13.2 Å². The van der Waals surface area contributed by atoms with Crippen molar-refractivity contribution in [3.05, 3.63) is 10.4 Å². The van der Waals surface area contributed by atoms with Gasteiger partial charge in [-0.2, -0.15) is 9.59 Å². The van der Waals surface area contributed by atoms with Gasteiger partial charge in [-0.3, -0.25) is 0 Å². The van der Waals surface area contributed by atoms with Gasteiger partial charge >= 0.3 is 23.9 Å². The lowest BCUT2D eigenvalue weighted by molar-refractivity contribution is -0.748. The zero-order valence-corrected chi connectivity index (χ0v) is 13.6. The summed E-state index contributed by atoms with van der Waals surface area (Å²) >= 11 is 0. The maximum absolute atomic E-state index is 12.1. The number of nitrogens with zero attached hydrogens (tertiary/aromatic N) is 4. The molecule has 0 fully saturated rings. The summed E-state index contributed by atoms with van der Waals surface area (Å²) in [6.07, 6.45) is -3.92. The van der Waals surface area contributed by atoms with Crippen LogP contribution in [0.3, 0.4) is 0 Å². The van der Waals surface area contributed by atoms with Crippen molar-refractivity contribution in [2.45, 2.75) is 40.2 Å². The van der Waals surface area contributed by atoms with Crippen LogP contribution in [0.4, 0.5) is 9.59 Å². The summed E-state index contributed by atoms with van der Waals surface area (Å²) < 4.78 is 9.70. The van der Waals surface area contributed by atoms with Crippen LogP contribution in [0.1, 0.15) is 27.7 Å². The predicted molar refractivity (Wildman–Crippen MR) is 76.1 cm³/mol. The molecule has 0 aromatic heterocycles. The van der Waals surface area contributed by atoms with Gasteiger partial charge in [-0.15, -0.1) is 9.80 Å². The Morgan fingerprint density at radius 3 is 1.58 bits per heavy atom. The first kappa shape index (κ1) is 17.4. The number of hydrogen-bond donors (Lipinski definition) is 0. The van der Waals surface area contributed by atoms with E-state index in [0.717, 1.165) is 9.80 Å². The third kappa shape index (κ3) is 2.81. The molecule has 0 aliphatic carbocycles. The zero-order chi connectivity index (χ0) is 18.0. The fourth-order valence-electron chi connectivity index (χ4n) is 2.23. The Morgan fingerprint density at radius 1 is 0.958 bits per heavy atom. The summed E-state index contributed by atoms with van der Waals surface area (Å²) in [6, 6.07) is 0. The van der Waals surface area contributed by atoms with Gasteiger partial charge in [-0.1, -0.05) is 0 Å². The molecular weight excluding hydrogens is 328 g/mol. The summed E-state index contributed by atoms with van der Waals surface area (Å²) in [6.45, 7) is 6.04. The van der Waals surface area contributed by atoms with Crippen molar-refractivity contribution in [3.63, 3.8) is 0 Å². The normalized spacial score (nSPS) is 23.3. The first-order valence-electron chi connectivity index (χ1n) is 7.27. The quantitative estimate of drug-likeness (QED) is 0.667. The molecular formula is C12H18N4O8. The van der Waals surface area contributed by atoms with E-state index in [4.69, 9.17) is 19.1 Å². The molecule has 2 amide bonds. The van der Waals surface area contributed by atoms with Crippen LogP contribution >= 0.6 is 0 Å². The highest BCUT2D eigenvalue weighted by Gasteiger charge is 2.56. The second-order valence-electron chi connectivity index (χ2n) is 4.71. The molecule has 0 N–H and O–H groups in total. The van der Waals surface area contributed by atoms with Gasteiger partial charge in [0, 0.05) is 0 Å². The summed E-state index contributed by atoms with van der Waals surface area (Å²) in [5.74, 6) is -1.07. The molecule has 0 radical (unpaired) electrons. The third-order valence-corrected chi connectivity index (χ3v) is 3.16. The SMILES string of the molecule is CCOC(=O)N1C(C2=[N+]([O-])O[C@H](C)N2C(=O)OCC)=[N+]([O-])O[C@@H]1C. The maximum atomic E-state index is 12.1. The molecule has 24 heavy (non-hydrogen) atoms. The maximum Gasteiger partial charge on any atom is 0.508 e. The van der Waals surface area contributed by atoms with Crippen molar-refractivity contribution in [2.24, 2.45) is 0 Å². The molecule has 2 aliphatic rings. The van der Waals surface area contributed by atoms with Crippen LogP contribution < -0.4 is 0 Å². The third-order valence-electron chi connectivity index (χ3n) is 3.16. The van der Waals surface area contributed by atoms with Gasteiger partial charge in [0.1, 0.15) is 0 Å². The van der Waals surface area contributed by atoms with E-state index in [-0.39, 0.29) is 23.0 Å². The van der Waals surface area contributed by atoms with Crippen molar-refractivity contribution >= 4 is 23.9 Å². The smallest absolute Gasteiger partial charge is 0.431 e. The van der Waals surface area contributed by atoms with Crippen LogP contribution in [0.2, 0.25) is 0 Å². The van der Waals surface area contributed by atoms with Crippen molar-refractivity contribution in [3.8, 4) is 0 Å². The lowest BCUT2D eigenvalue weighted by Crippen LogP contribution is -2.52. The molecule has 2 aliphatic heterocycles. The van der Waals surface area contributed by atoms with Crippen LogP contribution in [0, 0.1) is 10.4 Å². The Balaban J connectivity index is 2.45. The lowest BCUT2D eigenvalue weighted by Gasteiger charge is -2.16. The Labute approximate surface area is 137 Å². The van der Waals surface area contributed by atoms with Crippen LogP contribution in [0.5, 0.6) is 0 Å². The van der Waals surface area contributed by atoms with Gasteiger partial charge in [0.15, 0.2) is 12.5 Å². The molecule has 2 heterocycles. The molecule has 2 atom stereocenters. The largest absolute Gasteiger partial charge is 0.508 e. The summed E-state index contributed by atoms with van der Waals surface area (Å²) in [5, 5.41) is 24.1. The number of amidine groups is 2. The van der Waals surface area contributed by atoms with Crippen molar-refractivity contribution in [2.75, 3.05) is 13.2 Å². The first-order chi connectivity index (χ1) is 11.3. The number of hydrogen-bond acceptors (Lipinski definition) is 8. The van der Waals surface area contributed by atoms with Gasteiger partial charge < -0.3 is 29.6 Å². The second kappa shape index (κ2) is 6.68. The summed E-state index contributed by atoms with van der Waals surface area (Å²) in [5.41, 5.74) is 0. The van der Waals surface area contributed by atoms with Gasteiger partial charge in [0.2, 0.25) is 0 Å². The highest BCUT2D eigenvalue weighted by atomic mass is 16.9. The van der Waals surface area contributed by atoms with E-state index in [1.807, 2.05) is 0 Å². The molecule has 0 saturated carbocycles. The minimum absolute atomic E-state index is 0.0408. The number of rotatable bonds is 3. The average molecular weight is 346 g/mol. The lowest BCUT2D eigenvalue weighted by atomic mass is 10.3. The predicted octanol–water partition coefficient (Wildman–Crippen LogP) is 0.303. The molecule has 2 rings (SSSR count). The average Bonchev–Trinajstić information content (AvgIpc) is 2.94. The van der Waals surface area contributed by atoms with E-state index in [1.54, 1.807) is 13.8 Å². The number of amides is 2. The molecule has 134 valence electrons. The molecule has 12 heteroatoms. The van der Waals surface area contributed by atoms with Crippen LogP contribution in [-0.4, -0.2) is 69.1 Å². The monoisotopic (exact) mass is 346 g/mol. The Morgan fingerprint density at radius 2 is 1.29 bits per heavy atom. The number of carbonyl (C=O) groups excluding carboxylic acids is 2. The zero-order valence-electron chi connectivity index (χ0n) is 13.6. The minimum atomic E-state index is -1.04. The van der Waals surface area contributed by atoms with Gasteiger partial charge in [0.25, 0.3) is 0 Å². The van der Waals surface area contributed by atoms with Crippen LogP contribution in [-0.2, 0) is 19.1 Å². The molecule has 0 spiro atoms. The highest BCUT2D eigenvalue weighted by Crippen LogP contribution is 2.21. The Kier molecular flexibility index (Phi) is 4.85. The first-order valence-corrected chi connectivity index (χ1v) is 7.27. The van der Waals surface area contributed by atoms with Crippen LogP contribution in [0.15, 0.2) is 0 Å². The standard InChI is InChI=1S/C12H18N4O8/c1-5-21-11(17)13-7(3)23-15(19)9(13)10-14(12(18)22-6-2)8(4)24-16(10)20/h7-8H,5-6H2,1-4H3/t7-,8-/m1/s1. The Hall–Kier alpha value is -2.92. The fraction of sp³-hybridized carbons (Fsp3) is 0.667. The van der Waals surface area contributed by atoms with Crippen molar-refractivity contribution in [1.29, 1.82) is 0 Å². The molecule has 0 aromatic carbocycles. The van der Waals surface area contributed by atoms with E-state index < -0.39 is 36.3 Å². The molecule has 0 unspecified atom stereocenters. The molecule has 0 bridgehead atoms. The fourth-order valence-corrected chi connectivity index (χ4v) is 2.23. The van der Waals surface area contributed by atoms with Crippen molar-refractivity contribution < 1.29 is 38.5 Å². The van der Waals surface area contributed by atoms with E-state index in [0.29, 0.717) is 0 Å². The second-order valence-corrected chi connectivity index (χ2v) is 4.71. The van der Waals surface area contributed by atoms with E-state index in [9.17, 15) is 20.0 Å². The number of ether oxygens (including phenoxy) is 2. The number of carbonyl (C=O) groups is 2. The molecule has 12 nitrogen and oxygen atoms in total. The minimum Gasteiger partial charge on any atom is -0.431 e. The Bertz CT molecular complexity index is 552. The van der Waals surface area contributed by atoms with E-state index >= 15 is 0 Å². The molecule has 0 aromatic rings. The van der Waals surface area contributed by atoms with E-state index in [1.165, 1.54) is 13.8 Å². The van der Waals surface area contributed by atoms with Gasteiger partial charge in [-0.25, -0.2) is 0 Å². The van der Waals surface area contributed by atoms with Gasteiger partial charge in [-0.05, 0) is 37.5 Å². The molecule has 0 saturated heterocycles. The highest BCUT2D eigenvalue weighted by molar-refractivity contribution is 6.40. The van der Waals surface area contributed by atoms with Crippen molar-refractivity contribution in [1.82, 2.24) is 9.80 Å². The van der Waals surface area contributed by atoms with Crippen LogP contribution in [0.25, 0.3) is 0 Å². The topological polar surface area (TPSA) is 130 Å². The summed E-state index contributed by atoms with van der Waals surface area (Å²) in [4.78, 5) is 35.5. The summed E-state index contributed by atoms with van der Waals surface area (Å²) in [7, 11) is 0. The van der Waals surface area contributed by atoms with E-state index in [2.05, 4.69) is 0 Å².